The lowest BCUT2D eigenvalue weighted by Gasteiger charge is -2.27. The Morgan fingerprint density at radius 3 is 2.71 bits per heavy atom. The second-order valence-electron chi connectivity index (χ2n) is 8.30. The van der Waals surface area contributed by atoms with Crippen LogP contribution < -0.4 is 15.2 Å². The van der Waals surface area contributed by atoms with E-state index in [-0.39, 0.29) is 18.1 Å². The lowest BCUT2D eigenvalue weighted by Crippen LogP contribution is -2.43. The van der Waals surface area contributed by atoms with Gasteiger partial charge in [-0.1, -0.05) is 22.9 Å². The zero-order valence-electron chi connectivity index (χ0n) is 20.0. The summed E-state index contributed by atoms with van der Waals surface area (Å²) in [5.41, 5.74) is 1.94. The van der Waals surface area contributed by atoms with E-state index in [0.29, 0.717) is 60.8 Å². The van der Waals surface area contributed by atoms with E-state index in [0.717, 1.165) is 10.2 Å². The minimum absolute atomic E-state index is 0.0938. The standard InChI is InChI=1S/C25H28BrN5O4/c1-4-23-28-21-8-6-18(26)13-20(21)25(33)31(23)27-15-17-5-7-19(29(2)3)14-22(17)35-16-24(32)30-9-11-34-12-10-30/h5-8,13-15H,4,9-12,16H2,1-3H3. The quantitative estimate of drug-likeness (QED) is 0.427. The largest absolute Gasteiger partial charge is 0.483 e. The number of carbonyl (C=O) groups excluding carboxylic acids is 1. The van der Waals surface area contributed by atoms with Gasteiger partial charge in [0.15, 0.2) is 6.61 Å². The number of morpholine rings is 1. The normalized spacial score (nSPS) is 14.0. The monoisotopic (exact) mass is 541 g/mol. The van der Waals surface area contributed by atoms with Gasteiger partial charge in [-0.3, -0.25) is 9.59 Å². The topological polar surface area (TPSA) is 89.3 Å². The number of fused-ring (bicyclic) bond motifs is 1. The lowest BCUT2D eigenvalue weighted by atomic mass is 10.2. The molecule has 0 atom stereocenters. The molecule has 0 spiro atoms. The van der Waals surface area contributed by atoms with Crippen LogP contribution >= 0.6 is 15.9 Å². The number of hydrogen-bond donors (Lipinski definition) is 0. The van der Waals surface area contributed by atoms with Crippen molar-refractivity contribution in [2.75, 3.05) is 51.9 Å². The zero-order valence-corrected chi connectivity index (χ0v) is 21.6. The number of hydrogen-bond acceptors (Lipinski definition) is 7. The van der Waals surface area contributed by atoms with E-state index in [2.05, 4.69) is 26.0 Å². The minimum Gasteiger partial charge on any atom is -0.483 e. The SMILES string of the molecule is CCc1nc2ccc(Br)cc2c(=O)n1N=Cc1ccc(N(C)C)cc1OCC(=O)N1CCOCC1. The first-order valence-electron chi connectivity index (χ1n) is 11.4. The molecule has 184 valence electrons. The maximum Gasteiger partial charge on any atom is 0.282 e. The van der Waals surface area contributed by atoms with Gasteiger partial charge in [0, 0.05) is 55.4 Å². The van der Waals surface area contributed by atoms with E-state index < -0.39 is 0 Å². The highest BCUT2D eigenvalue weighted by atomic mass is 79.9. The van der Waals surface area contributed by atoms with Gasteiger partial charge >= 0.3 is 0 Å². The van der Waals surface area contributed by atoms with Crippen LogP contribution in [0.15, 0.2) is 50.8 Å². The zero-order chi connectivity index (χ0) is 24.9. The van der Waals surface area contributed by atoms with Crippen molar-refractivity contribution in [2.24, 2.45) is 5.10 Å². The molecular weight excluding hydrogens is 514 g/mol. The summed E-state index contributed by atoms with van der Waals surface area (Å²) >= 11 is 3.42. The average Bonchev–Trinajstić information content (AvgIpc) is 2.87. The summed E-state index contributed by atoms with van der Waals surface area (Å²) in [5, 5.41) is 4.95. The highest BCUT2D eigenvalue weighted by Crippen LogP contribution is 2.24. The third kappa shape index (κ3) is 5.71. The molecule has 0 N–H and O–H groups in total. The Hall–Kier alpha value is -3.24. The molecule has 10 heteroatoms. The molecule has 1 aliphatic rings. The van der Waals surface area contributed by atoms with Gasteiger partial charge in [0.25, 0.3) is 11.5 Å². The molecule has 2 aromatic carbocycles. The molecular formula is C25H28BrN5O4. The maximum absolute atomic E-state index is 13.2. The molecule has 1 aromatic heterocycles. The Balaban J connectivity index is 1.66. The van der Waals surface area contributed by atoms with Crippen molar-refractivity contribution in [2.45, 2.75) is 13.3 Å². The molecule has 9 nitrogen and oxygen atoms in total. The Labute approximate surface area is 212 Å². The number of aryl methyl sites for hydroxylation is 1. The molecule has 2 heterocycles. The van der Waals surface area contributed by atoms with E-state index in [4.69, 9.17) is 9.47 Å². The van der Waals surface area contributed by atoms with Crippen molar-refractivity contribution < 1.29 is 14.3 Å². The minimum atomic E-state index is -0.251. The average molecular weight is 542 g/mol. The van der Waals surface area contributed by atoms with E-state index in [1.54, 1.807) is 17.2 Å². The second kappa shape index (κ2) is 11.0. The number of anilines is 1. The van der Waals surface area contributed by atoms with Crippen LogP contribution in [0.2, 0.25) is 0 Å². The summed E-state index contributed by atoms with van der Waals surface area (Å²) in [4.78, 5) is 34.1. The number of rotatable bonds is 7. The highest BCUT2D eigenvalue weighted by Gasteiger charge is 2.18. The number of aromatic nitrogens is 2. The van der Waals surface area contributed by atoms with Gasteiger partial charge < -0.3 is 19.3 Å². The summed E-state index contributed by atoms with van der Waals surface area (Å²) in [7, 11) is 3.86. The van der Waals surface area contributed by atoms with E-state index in [1.807, 2.05) is 56.3 Å². The molecule has 4 rings (SSSR count). The van der Waals surface area contributed by atoms with Crippen molar-refractivity contribution in [1.82, 2.24) is 14.6 Å². The predicted molar refractivity (Wildman–Crippen MR) is 140 cm³/mol. The van der Waals surface area contributed by atoms with Crippen LogP contribution in [0.3, 0.4) is 0 Å². The first-order valence-corrected chi connectivity index (χ1v) is 12.2. The first-order chi connectivity index (χ1) is 16.9. The predicted octanol–water partition coefficient (Wildman–Crippen LogP) is 2.91. The number of ether oxygens (including phenoxy) is 2. The van der Waals surface area contributed by atoms with Crippen LogP contribution in [0.25, 0.3) is 10.9 Å². The van der Waals surface area contributed by atoms with Crippen LogP contribution in [-0.2, 0) is 16.0 Å². The van der Waals surface area contributed by atoms with Crippen molar-refractivity contribution in [3.8, 4) is 5.75 Å². The lowest BCUT2D eigenvalue weighted by molar-refractivity contribution is -0.137. The van der Waals surface area contributed by atoms with Gasteiger partial charge in [0.1, 0.15) is 11.6 Å². The van der Waals surface area contributed by atoms with Crippen LogP contribution in [0.4, 0.5) is 5.69 Å². The fourth-order valence-corrected chi connectivity index (χ4v) is 4.10. The molecule has 0 saturated carbocycles. The fraction of sp³-hybridized carbons (Fsp3) is 0.360. The van der Waals surface area contributed by atoms with Gasteiger partial charge in [0.05, 0.1) is 30.3 Å². The Kier molecular flexibility index (Phi) is 7.82. The number of halogens is 1. The van der Waals surface area contributed by atoms with Crippen LogP contribution in [0.1, 0.15) is 18.3 Å². The Morgan fingerprint density at radius 2 is 2.00 bits per heavy atom. The molecule has 0 bridgehead atoms. The number of benzene rings is 2. The highest BCUT2D eigenvalue weighted by molar-refractivity contribution is 9.10. The van der Waals surface area contributed by atoms with E-state index >= 15 is 0 Å². The van der Waals surface area contributed by atoms with Crippen molar-refractivity contribution in [3.05, 3.63) is 62.6 Å². The smallest absolute Gasteiger partial charge is 0.282 e. The summed E-state index contributed by atoms with van der Waals surface area (Å²) < 4.78 is 13.4. The Bertz CT molecular complexity index is 1320. The van der Waals surface area contributed by atoms with Gasteiger partial charge in [0.2, 0.25) is 0 Å². The second-order valence-corrected chi connectivity index (χ2v) is 9.22. The number of amides is 1. The summed E-state index contributed by atoms with van der Waals surface area (Å²) in [6, 6.07) is 11.1. The van der Waals surface area contributed by atoms with Gasteiger partial charge in [-0.15, -0.1) is 0 Å². The molecule has 1 amide bonds. The fourth-order valence-electron chi connectivity index (χ4n) is 3.74. The van der Waals surface area contributed by atoms with Crippen LogP contribution in [-0.4, -0.2) is 73.7 Å². The molecule has 0 radical (unpaired) electrons. The van der Waals surface area contributed by atoms with Crippen molar-refractivity contribution in [1.29, 1.82) is 0 Å². The molecule has 1 aliphatic heterocycles. The number of carbonyl (C=O) groups is 1. The molecule has 0 aliphatic carbocycles. The van der Waals surface area contributed by atoms with Crippen LogP contribution in [0, 0.1) is 0 Å². The summed E-state index contributed by atoms with van der Waals surface area (Å²) in [6.45, 7) is 4.01. The van der Waals surface area contributed by atoms with E-state index in [9.17, 15) is 9.59 Å². The summed E-state index contributed by atoms with van der Waals surface area (Å²) in [6.07, 6.45) is 2.11. The molecule has 1 fully saturated rings. The molecule has 3 aromatic rings. The third-order valence-corrected chi connectivity index (χ3v) is 6.23. The first kappa shape index (κ1) is 24.9. The van der Waals surface area contributed by atoms with Gasteiger partial charge in [-0.2, -0.15) is 9.78 Å². The van der Waals surface area contributed by atoms with Crippen molar-refractivity contribution in [3.63, 3.8) is 0 Å². The Morgan fingerprint density at radius 1 is 1.23 bits per heavy atom. The van der Waals surface area contributed by atoms with Gasteiger partial charge in [-0.05, 0) is 30.3 Å². The van der Waals surface area contributed by atoms with Crippen molar-refractivity contribution >= 4 is 44.6 Å². The maximum atomic E-state index is 13.2. The third-order valence-electron chi connectivity index (χ3n) is 5.73. The molecule has 1 saturated heterocycles. The van der Waals surface area contributed by atoms with Crippen LogP contribution in [0.5, 0.6) is 5.75 Å². The molecule has 0 unspecified atom stereocenters. The van der Waals surface area contributed by atoms with E-state index in [1.165, 1.54) is 4.68 Å². The van der Waals surface area contributed by atoms with Gasteiger partial charge in [-0.25, -0.2) is 4.98 Å². The number of nitrogens with zero attached hydrogens (tertiary/aromatic N) is 5. The molecule has 35 heavy (non-hydrogen) atoms. The summed E-state index contributed by atoms with van der Waals surface area (Å²) in [5.74, 6) is 0.959.